The first-order chi connectivity index (χ1) is 5.61. The van der Waals surface area contributed by atoms with Crippen molar-refractivity contribution in [2.45, 2.75) is 39.2 Å². The number of alkyl halides is 2. The first-order valence-corrected chi connectivity index (χ1v) is 4.62. The minimum absolute atomic E-state index is 0.417. The van der Waals surface area contributed by atoms with Gasteiger partial charge in [0.2, 0.25) is 6.43 Å². The zero-order chi connectivity index (χ0) is 9.14. The Hall–Kier alpha value is -0.180. The maximum atomic E-state index is 12.2. The molecule has 1 saturated heterocycles. The van der Waals surface area contributed by atoms with Crippen LogP contribution in [0, 0.1) is 11.8 Å². The highest BCUT2D eigenvalue weighted by molar-refractivity contribution is 4.80. The summed E-state index contributed by atoms with van der Waals surface area (Å²) in [6.07, 6.45) is -0.578. The van der Waals surface area contributed by atoms with Crippen LogP contribution in [-0.2, 0) is 0 Å². The highest BCUT2D eigenvalue weighted by atomic mass is 19.3. The molecule has 0 aromatic carbocycles. The minimum atomic E-state index is -2.15. The zero-order valence-corrected chi connectivity index (χ0v) is 7.69. The standard InChI is InChI=1S/C9H17F2N/c1-6(2)8-4-3-7(5-12-8)9(10)11/h6-9,12H,3-5H2,1-2H3. The number of halogens is 2. The van der Waals surface area contributed by atoms with E-state index >= 15 is 0 Å². The predicted octanol–water partition coefficient (Wildman–Crippen LogP) is 2.28. The van der Waals surface area contributed by atoms with Crippen LogP contribution in [-0.4, -0.2) is 19.0 Å². The fraction of sp³-hybridized carbons (Fsp3) is 1.00. The molecule has 1 rings (SSSR count). The minimum Gasteiger partial charge on any atom is -0.313 e. The summed E-state index contributed by atoms with van der Waals surface area (Å²) in [7, 11) is 0. The lowest BCUT2D eigenvalue weighted by Crippen LogP contribution is -2.43. The van der Waals surface area contributed by atoms with Crippen LogP contribution < -0.4 is 5.32 Å². The molecule has 12 heavy (non-hydrogen) atoms. The van der Waals surface area contributed by atoms with E-state index in [0.717, 1.165) is 6.42 Å². The van der Waals surface area contributed by atoms with Gasteiger partial charge in [-0.05, 0) is 18.8 Å². The Morgan fingerprint density at radius 2 is 1.92 bits per heavy atom. The van der Waals surface area contributed by atoms with Crippen LogP contribution in [0.5, 0.6) is 0 Å². The summed E-state index contributed by atoms with van der Waals surface area (Å²) in [6, 6.07) is 0.444. The second kappa shape index (κ2) is 4.17. The van der Waals surface area contributed by atoms with Gasteiger partial charge in [-0.2, -0.15) is 0 Å². The molecule has 1 N–H and O–H groups in total. The van der Waals surface area contributed by atoms with Crippen LogP contribution in [0.15, 0.2) is 0 Å². The molecule has 0 radical (unpaired) electrons. The summed E-state index contributed by atoms with van der Waals surface area (Å²) in [4.78, 5) is 0. The van der Waals surface area contributed by atoms with Crippen molar-refractivity contribution in [3.05, 3.63) is 0 Å². The topological polar surface area (TPSA) is 12.0 Å². The van der Waals surface area contributed by atoms with E-state index in [0.29, 0.717) is 24.9 Å². The fourth-order valence-corrected chi connectivity index (χ4v) is 1.68. The molecule has 1 aliphatic rings. The second-order valence-corrected chi connectivity index (χ2v) is 3.93. The normalized spacial score (nSPS) is 31.5. The lowest BCUT2D eigenvalue weighted by atomic mass is 9.89. The van der Waals surface area contributed by atoms with Gasteiger partial charge < -0.3 is 5.32 Å². The van der Waals surface area contributed by atoms with E-state index < -0.39 is 12.3 Å². The Bertz CT molecular complexity index is 112. The van der Waals surface area contributed by atoms with Crippen molar-refractivity contribution >= 4 is 0 Å². The van der Waals surface area contributed by atoms with E-state index in [-0.39, 0.29) is 0 Å². The molecule has 0 amide bonds. The molecule has 1 heterocycles. The maximum Gasteiger partial charge on any atom is 0.242 e. The van der Waals surface area contributed by atoms with Gasteiger partial charge in [-0.1, -0.05) is 13.8 Å². The van der Waals surface area contributed by atoms with E-state index in [4.69, 9.17) is 0 Å². The lowest BCUT2D eigenvalue weighted by molar-refractivity contribution is 0.0527. The smallest absolute Gasteiger partial charge is 0.242 e. The molecule has 0 aliphatic carbocycles. The molecule has 0 aromatic rings. The summed E-state index contributed by atoms with van der Waals surface area (Å²) in [5, 5.41) is 3.17. The van der Waals surface area contributed by atoms with Crippen molar-refractivity contribution in [3.8, 4) is 0 Å². The first kappa shape index (κ1) is 9.90. The Kier molecular flexibility index (Phi) is 3.44. The Morgan fingerprint density at radius 3 is 2.25 bits per heavy atom. The van der Waals surface area contributed by atoms with Crippen LogP contribution in [0.25, 0.3) is 0 Å². The average Bonchev–Trinajstić information content (AvgIpc) is 2.04. The van der Waals surface area contributed by atoms with Crippen molar-refractivity contribution in [3.63, 3.8) is 0 Å². The molecule has 3 heteroatoms. The molecule has 1 fully saturated rings. The zero-order valence-electron chi connectivity index (χ0n) is 7.69. The Morgan fingerprint density at radius 1 is 1.25 bits per heavy atom. The van der Waals surface area contributed by atoms with Crippen LogP contribution in [0.3, 0.4) is 0 Å². The van der Waals surface area contributed by atoms with Crippen molar-refractivity contribution in [1.29, 1.82) is 0 Å². The first-order valence-electron chi connectivity index (χ1n) is 4.62. The highest BCUT2D eigenvalue weighted by Crippen LogP contribution is 2.23. The molecule has 1 aliphatic heterocycles. The largest absolute Gasteiger partial charge is 0.313 e. The predicted molar refractivity (Wildman–Crippen MR) is 45.4 cm³/mol. The van der Waals surface area contributed by atoms with Gasteiger partial charge in [0.15, 0.2) is 0 Å². The fourth-order valence-electron chi connectivity index (χ4n) is 1.68. The SMILES string of the molecule is CC(C)C1CCC(C(F)F)CN1. The summed E-state index contributed by atoms with van der Waals surface area (Å²) in [6.45, 7) is 4.74. The van der Waals surface area contributed by atoms with Gasteiger partial charge in [0.05, 0.1) is 0 Å². The molecule has 2 atom stereocenters. The summed E-state index contributed by atoms with van der Waals surface area (Å²) in [5.74, 6) is 0.142. The summed E-state index contributed by atoms with van der Waals surface area (Å²) < 4.78 is 24.4. The number of hydrogen-bond donors (Lipinski definition) is 1. The van der Waals surface area contributed by atoms with E-state index in [2.05, 4.69) is 19.2 Å². The Balaban J connectivity index is 2.30. The van der Waals surface area contributed by atoms with Gasteiger partial charge in [0, 0.05) is 18.5 Å². The number of piperidine rings is 1. The van der Waals surface area contributed by atoms with Crippen molar-refractivity contribution in [2.24, 2.45) is 11.8 Å². The third-order valence-corrected chi connectivity index (χ3v) is 2.65. The molecule has 0 saturated carbocycles. The quantitative estimate of drug-likeness (QED) is 0.682. The van der Waals surface area contributed by atoms with Crippen molar-refractivity contribution < 1.29 is 8.78 Å². The van der Waals surface area contributed by atoms with Gasteiger partial charge >= 0.3 is 0 Å². The lowest BCUT2D eigenvalue weighted by Gasteiger charge is -2.31. The summed E-state index contributed by atoms with van der Waals surface area (Å²) >= 11 is 0. The molecule has 2 unspecified atom stereocenters. The van der Waals surface area contributed by atoms with E-state index in [9.17, 15) is 8.78 Å². The van der Waals surface area contributed by atoms with Crippen LogP contribution in [0.1, 0.15) is 26.7 Å². The second-order valence-electron chi connectivity index (χ2n) is 3.93. The maximum absolute atomic E-state index is 12.2. The third-order valence-electron chi connectivity index (χ3n) is 2.65. The monoisotopic (exact) mass is 177 g/mol. The van der Waals surface area contributed by atoms with Gasteiger partial charge in [0.1, 0.15) is 0 Å². The third kappa shape index (κ3) is 2.41. The number of nitrogens with one attached hydrogen (secondary N) is 1. The van der Waals surface area contributed by atoms with Crippen LogP contribution in [0.4, 0.5) is 8.78 Å². The highest BCUT2D eigenvalue weighted by Gasteiger charge is 2.27. The van der Waals surface area contributed by atoms with Crippen LogP contribution >= 0.6 is 0 Å². The molecular formula is C9H17F2N. The molecule has 0 bridgehead atoms. The molecule has 72 valence electrons. The van der Waals surface area contributed by atoms with Gasteiger partial charge in [-0.3, -0.25) is 0 Å². The number of hydrogen-bond acceptors (Lipinski definition) is 1. The summed E-state index contributed by atoms with van der Waals surface area (Å²) in [5.41, 5.74) is 0. The van der Waals surface area contributed by atoms with Gasteiger partial charge in [-0.15, -0.1) is 0 Å². The molecular weight excluding hydrogens is 160 g/mol. The van der Waals surface area contributed by atoms with Gasteiger partial charge in [0.25, 0.3) is 0 Å². The van der Waals surface area contributed by atoms with Crippen molar-refractivity contribution in [2.75, 3.05) is 6.54 Å². The average molecular weight is 177 g/mol. The van der Waals surface area contributed by atoms with Crippen molar-refractivity contribution in [1.82, 2.24) is 5.32 Å². The molecule has 0 spiro atoms. The van der Waals surface area contributed by atoms with E-state index in [1.807, 2.05) is 0 Å². The number of rotatable bonds is 2. The Labute approximate surface area is 72.5 Å². The van der Waals surface area contributed by atoms with E-state index in [1.54, 1.807) is 0 Å². The van der Waals surface area contributed by atoms with Gasteiger partial charge in [-0.25, -0.2) is 8.78 Å². The van der Waals surface area contributed by atoms with Crippen LogP contribution in [0.2, 0.25) is 0 Å². The van der Waals surface area contributed by atoms with E-state index in [1.165, 1.54) is 0 Å². The molecule has 0 aromatic heterocycles. The molecule has 1 nitrogen and oxygen atoms in total.